The Morgan fingerprint density at radius 1 is 1.38 bits per heavy atom. The maximum absolute atomic E-state index is 5.25. The Hall–Kier alpha value is -1.52. The number of aryl methyl sites for hydroxylation is 2. The third-order valence-corrected chi connectivity index (χ3v) is 5.07. The molecule has 136 valence electrons. The lowest BCUT2D eigenvalue weighted by Crippen LogP contribution is -2.49. The van der Waals surface area contributed by atoms with Crippen molar-refractivity contribution in [1.82, 2.24) is 15.4 Å². The molecule has 0 aliphatic carbocycles. The van der Waals surface area contributed by atoms with Crippen molar-refractivity contribution < 1.29 is 4.52 Å². The fourth-order valence-electron chi connectivity index (χ4n) is 3.86. The molecule has 1 unspecified atom stereocenters. The Morgan fingerprint density at radius 2 is 2.17 bits per heavy atom. The smallest absolute Gasteiger partial charge is 0.193 e. The summed E-state index contributed by atoms with van der Waals surface area (Å²) in [5.41, 5.74) is 2.61. The first-order chi connectivity index (χ1) is 11.5. The number of guanidine groups is 1. The van der Waals surface area contributed by atoms with Crippen LogP contribution >= 0.6 is 0 Å². The largest absolute Gasteiger partial charge is 0.361 e. The predicted molar refractivity (Wildman–Crippen MR) is 99.5 cm³/mol. The van der Waals surface area contributed by atoms with Gasteiger partial charge in [-0.2, -0.15) is 0 Å². The Morgan fingerprint density at radius 3 is 2.79 bits per heavy atom. The van der Waals surface area contributed by atoms with Gasteiger partial charge in [-0.25, -0.2) is 0 Å². The summed E-state index contributed by atoms with van der Waals surface area (Å²) in [6.07, 6.45) is 6.02. The number of likely N-dealkylation sites (tertiary alicyclic amines) is 1. The van der Waals surface area contributed by atoms with Crippen LogP contribution in [0.5, 0.6) is 0 Å². The molecular weight excluding hydrogens is 300 g/mol. The monoisotopic (exact) mass is 334 g/mol. The second-order valence-electron chi connectivity index (χ2n) is 7.37. The first-order valence-electron chi connectivity index (χ1n) is 9.44. The van der Waals surface area contributed by atoms with E-state index in [0.29, 0.717) is 5.41 Å². The van der Waals surface area contributed by atoms with E-state index < -0.39 is 0 Å². The van der Waals surface area contributed by atoms with Crippen molar-refractivity contribution in [2.24, 2.45) is 10.4 Å². The number of nitrogens with zero attached hydrogens (tertiary/aromatic N) is 3. The number of hydrogen-bond acceptors (Lipinski definition) is 3. The fraction of sp³-hybridized carbons (Fsp3) is 0.789. The minimum absolute atomic E-state index is 0.421. The average Bonchev–Trinajstić information content (AvgIpc) is 2.86. The molecule has 1 fully saturated rings. The third-order valence-electron chi connectivity index (χ3n) is 5.07. The summed E-state index contributed by atoms with van der Waals surface area (Å²) in [5.74, 6) is 1.98. The first kappa shape index (κ1) is 18.8. The maximum atomic E-state index is 5.25. The Balaban J connectivity index is 2.02. The van der Waals surface area contributed by atoms with Gasteiger partial charge in [-0.05, 0) is 51.9 Å². The number of nitrogens with one attached hydrogen (secondary N) is 1. The fourth-order valence-corrected chi connectivity index (χ4v) is 3.86. The van der Waals surface area contributed by atoms with E-state index in [2.05, 4.69) is 36.1 Å². The van der Waals surface area contributed by atoms with E-state index in [1.807, 2.05) is 13.8 Å². The molecule has 24 heavy (non-hydrogen) atoms. The van der Waals surface area contributed by atoms with Gasteiger partial charge in [0.05, 0.1) is 5.69 Å². The number of aliphatic imine (C=N–C) groups is 1. The highest BCUT2D eigenvalue weighted by atomic mass is 16.5. The lowest BCUT2D eigenvalue weighted by Gasteiger charge is -2.42. The van der Waals surface area contributed by atoms with Gasteiger partial charge in [0.1, 0.15) is 5.76 Å². The minimum Gasteiger partial charge on any atom is -0.361 e. The molecule has 0 spiro atoms. The first-order valence-corrected chi connectivity index (χ1v) is 9.44. The van der Waals surface area contributed by atoms with Crippen LogP contribution in [0.1, 0.15) is 63.5 Å². The Bertz CT molecular complexity index is 528. The van der Waals surface area contributed by atoms with E-state index in [1.54, 1.807) is 0 Å². The summed E-state index contributed by atoms with van der Waals surface area (Å²) in [6, 6.07) is 0. The molecular formula is C19H34N4O. The van der Waals surface area contributed by atoms with E-state index in [4.69, 9.17) is 9.52 Å². The van der Waals surface area contributed by atoms with Gasteiger partial charge >= 0.3 is 0 Å². The highest BCUT2D eigenvalue weighted by Crippen LogP contribution is 2.33. The van der Waals surface area contributed by atoms with Crippen molar-refractivity contribution in [2.45, 2.75) is 66.7 Å². The van der Waals surface area contributed by atoms with E-state index in [9.17, 15) is 0 Å². The zero-order valence-electron chi connectivity index (χ0n) is 16.1. The lowest BCUT2D eigenvalue weighted by atomic mass is 9.78. The van der Waals surface area contributed by atoms with Gasteiger partial charge in [0, 0.05) is 31.7 Å². The highest BCUT2D eigenvalue weighted by Gasteiger charge is 2.31. The molecule has 5 nitrogen and oxygen atoms in total. The van der Waals surface area contributed by atoms with E-state index in [1.165, 1.54) is 31.2 Å². The van der Waals surface area contributed by atoms with Crippen LogP contribution in [-0.4, -0.2) is 42.2 Å². The van der Waals surface area contributed by atoms with Crippen molar-refractivity contribution in [2.75, 3.05) is 26.2 Å². The SMILES string of the molecule is CCCC1(C)CCCN(C(=NCCc2c(C)noc2C)NCC)C1. The zero-order chi connectivity index (χ0) is 17.6. The molecule has 1 N–H and O–H groups in total. The van der Waals surface area contributed by atoms with Crippen LogP contribution in [-0.2, 0) is 6.42 Å². The standard InChI is InChI=1S/C19H34N4O/c1-6-10-19(5)11-8-13-23(14-19)18(20-7-2)21-12-9-17-15(3)22-24-16(17)4/h6-14H2,1-5H3,(H,20,21). The molecule has 1 atom stereocenters. The van der Waals surface area contributed by atoms with Crippen molar-refractivity contribution in [3.63, 3.8) is 0 Å². The summed E-state index contributed by atoms with van der Waals surface area (Å²) in [6.45, 7) is 14.7. The molecule has 0 radical (unpaired) electrons. The van der Waals surface area contributed by atoms with Crippen LogP contribution in [0, 0.1) is 19.3 Å². The summed E-state index contributed by atoms with van der Waals surface area (Å²) >= 11 is 0. The van der Waals surface area contributed by atoms with E-state index in [-0.39, 0.29) is 0 Å². The van der Waals surface area contributed by atoms with Crippen LogP contribution in [0.15, 0.2) is 9.52 Å². The van der Waals surface area contributed by atoms with Gasteiger partial charge in [0.2, 0.25) is 0 Å². The molecule has 0 bridgehead atoms. The van der Waals surface area contributed by atoms with Gasteiger partial charge in [-0.3, -0.25) is 4.99 Å². The molecule has 1 aromatic heterocycles. The predicted octanol–water partition coefficient (Wildman–Crippen LogP) is 3.70. The second-order valence-corrected chi connectivity index (χ2v) is 7.37. The zero-order valence-corrected chi connectivity index (χ0v) is 16.1. The Labute approximate surface area is 146 Å². The number of hydrogen-bond donors (Lipinski definition) is 1. The number of rotatable bonds is 6. The summed E-state index contributed by atoms with van der Waals surface area (Å²) in [7, 11) is 0. The summed E-state index contributed by atoms with van der Waals surface area (Å²) < 4.78 is 5.25. The van der Waals surface area contributed by atoms with Crippen molar-refractivity contribution >= 4 is 5.96 Å². The van der Waals surface area contributed by atoms with Gasteiger partial charge in [0.15, 0.2) is 5.96 Å². The third kappa shape index (κ3) is 4.74. The normalized spacial score (nSPS) is 22.0. The van der Waals surface area contributed by atoms with Crippen molar-refractivity contribution in [1.29, 1.82) is 0 Å². The molecule has 0 saturated carbocycles. The van der Waals surface area contributed by atoms with Crippen LogP contribution in [0.3, 0.4) is 0 Å². The molecule has 0 aromatic carbocycles. The molecule has 1 saturated heterocycles. The second kappa shape index (κ2) is 8.54. The molecule has 1 aromatic rings. The van der Waals surface area contributed by atoms with Crippen molar-refractivity contribution in [3.05, 3.63) is 17.0 Å². The van der Waals surface area contributed by atoms with Crippen molar-refractivity contribution in [3.8, 4) is 0 Å². The molecule has 2 rings (SSSR count). The molecule has 0 amide bonds. The number of aromatic nitrogens is 1. The quantitative estimate of drug-likeness (QED) is 0.636. The highest BCUT2D eigenvalue weighted by molar-refractivity contribution is 5.80. The molecule has 2 heterocycles. The van der Waals surface area contributed by atoms with E-state index in [0.717, 1.165) is 50.0 Å². The van der Waals surface area contributed by atoms with Gasteiger partial charge in [-0.15, -0.1) is 0 Å². The van der Waals surface area contributed by atoms with Crippen LogP contribution in [0.4, 0.5) is 0 Å². The molecule has 5 heteroatoms. The van der Waals surface area contributed by atoms with Crippen LogP contribution in [0.25, 0.3) is 0 Å². The van der Waals surface area contributed by atoms with E-state index >= 15 is 0 Å². The maximum Gasteiger partial charge on any atom is 0.193 e. The summed E-state index contributed by atoms with van der Waals surface area (Å²) in [4.78, 5) is 7.34. The minimum atomic E-state index is 0.421. The number of piperidine rings is 1. The van der Waals surface area contributed by atoms with Crippen LogP contribution < -0.4 is 5.32 Å². The van der Waals surface area contributed by atoms with Gasteiger partial charge in [0.25, 0.3) is 0 Å². The van der Waals surface area contributed by atoms with Gasteiger partial charge in [-0.1, -0.05) is 25.4 Å². The topological polar surface area (TPSA) is 53.7 Å². The average molecular weight is 335 g/mol. The van der Waals surface area contributed by atoms with Gasteiger partial charge < -0.3 is 14.7 Å². The Kier molecular flexibility index (Phi) is 6.69. The lowest BCUT2D eigenvalue weighted by molar-refractivity contribution is 0.142. The summed E-state index contributed by atoms with van der Waals surface area (Å²) in [5, 5.41) is 7.51. The molecule has 1 aliphatic rings. The van der Waals surface area contributed by atoms with Crippen LogP contribution in [0.2, 0.25) is 0 Å². The molecule has 1 aliphatic heterocycles.